The predicted octanol–water partition coefficient (Wildman–Crippen LogP) is 0.191. The van der Waals surface area contributed by atoms with Crippen LogP contribution in [0.1, 0.15) is 12.8 Å². The summed E-state index contributed by atoms with van der Waals surface area (Å²) in [6.07, 6.45) is 2.31. The van der Waals surface area contributed by atoms with Gasteiger partial charge >= 0.3 is 0 Å². The molecule has 1 aliphatic rings. The van der Waals surface area contributed by atoms with Crippen molar-refractivity contribution < 1.29 is 19.3 Å². The second-order valence-electron chi connectivity index (χ2n) is 3.02. The summed E-state index contributed by atoms with van der Waals surface area (Å²) in [4.78, 5) is 0. The minimum absolute atomic E-state index is 0.0806. The summed E-state index contributed by atoms with van der Waals surface area (Å²) in [7, 11) is 0. The average molecular weight is 190 g/mol. The van der Waals surface area contributed by atoms with Gasteiger partial charge < -0.3 is 19.3 Å². The Hall–Kier alpha value is -0.160. The van der Waals surface area contributed by atoms with Crippen LogP contribution in [-0.2, 0) is 14.2 Å². The third-order valence-corrected chi connectivity index (χ3v) is 1.99. The van der Waals surface area contributed by atoms with Crippen LogP contribution in [-0.4, -0.2) is 50.9 Å². The van der Waals surface area contributed by atoms with Crippen LogP contribution in [0.15, 0.2) is 0 Å². The molecule has 1 aliphatic heterocycles. The van der Waals surface area contributed by atoms with E-state index in [0.29, 0.717) is 25.9 Å². The highest BCUT2D eigenvalue weighted by molar-refractivity contribution is 4.61. The van der Waals surface area contributed by atoms with E-state index in [1.165, 1.54) is 0 Å². The Morgan fingerprint density at radius 1 is 1.15 bits per heavy atom. The summed E-state index contributed by atoms with van der Waals surface area (Å²) in [6.45, 7) is 3.28. The van der Waals surface area contributed by atoms with Crippen LogP contribution in [0.4, 0.5) is 0 Å². The van der Waals surface area contributed by atoms with Gasteiger partial charge in [-0.15, -0.1) is 0 Å². The van der Waals surface area contributed by atoms with Crippen molar-refractivity contribution in [1.82, 2.24) is 0 Å². The quantitative estimate of drug-likeness (QED) is 0.607. The summed E-state index contributed by atoms with van der Waals surface area (Å²) in [5, 5.41) is 8.43. The summed E-state index contributed by atoms with van der Waals surface area (Å²) in [5.41, 5.74) is 0. The van der Waals surface area contributed by atoms with Gasteiger partial charge in [-0.1, -0.05) is 0 Å². The van der Waals surface area contributed by atoms with Gasteiger partial charge in [0.05, 0.1) is 32.5 Å². The molecule has 4 heteroatoms. The van der Waals surface area contributed by atoms with Gasteiger partial charge in [0.15, 0.2) is 0 Å². The van der Waals surface area contributed by atoms with Crippen LogP contribution in [0.2, 0.25) is 0 Å². The maximum Gasteiger partial charge on any atom is 0.0704 e. The van der Waals surface area contributed by atoms with E-state index < -0.39 is 0 Å². The summed E-state index contributed by atoms with van der Waals surface area (Å²) >= 11 is 0. The van der Waals surface area contributed by atoms with Gasteiger partial charge in [0, 0.05) is 13.2 Å². The molecule has 0 aliphatic carbocycles. The lowest BCUT2D eigenvalue weighted by Gasteiger charge is -2.22. The maximum absolute atomic E-state index is 8.43. The van der Waals surface area contributed by atoms with E-state index in [9.17, 15) is 0 Å². The minimum atomic E-state index is 0.0806. The van der Waals surface area contributed by atoms with Gasteiger partial charge in [-0.3, -0.25) is 0 Å². The Bertz CT molecular complexity index is 112. The van der Waals surface area contributed by atoms with E-state index in [1.54, 1.807) is 0 Å². The van der Waals surface area contributed by atoms with E-state index in [-0.39, 0.29) is 6.61 Å². The molecule has 0 radical (unpaired) electrons. The molecule has 1 saturated heterocycles. The molecule has 0 amide bonds. The third kappa shape index (κ3) is 5.21. The number of hydrogen-bond donors (Lipinski definition) is 1. The van der Waals surface area contributed by atoms with Gasteiger partial charge in [-0.25, -0.2) is 0 Å². The first kappa shape index (κ1) is 10.9. The second kappa shape index (κ2) is 7.26. The molecule has 13 heavy (non-hydrogen) atoms. The zero-order valence-corrected chi connectivity index (χ0v) is 7.91. The molecule has 0 spiro atoms. The summed E-state index contributed by atoms with van der Waals surface area (Å²) < 4.78 is 15.8. The first-order valence-corrected chi connectivity index (χ1v) is 4.81. The molecular formula is C9H18O4. The van der Waals surface area contributed by atoms with Crippen LogP contribution >= 0.6 is 0 Å². The molecule has 0 aromatic rings. The fraction of sp³-hybridized carbons (Fsp3) is 1.00. The number of ether oxygens (including phenoxy) is 3. The second-order valence-corrected chi connectivity index (χ2v) is 3.02. The molecule has 0 unspecified atom stereocenters. The van der Waals surface area contributed by atoms with Crippen LogP contribution in [0.5, 0.6) is 0 Å². The molecular weight excluding hydrogens is 172 g/mol. The summed E-state index contributed by atoms with van der Waals surface area (Å²) in [5.74, 6) is 0. The van der Waals surface area contributed by atoms with Crippen LogP contribution in [0.3, 0.4) is 0 Å². The van der Waals surface area contributed by atoms with E-state index in [1.807, 2.05) is 0 Å². The molecule has 0 saturated carbocycles. The molecule has 4 nitrogen and oxygen atoms in total. The first-order chi connectivity index (χ1) is 6.43. The van der Waals surface area contributed by atoms with Gasteiger partial charge in [0.2, 0.25) is 0 Å². The number of aliphatic hydroxyl groups excluding tert-OH is 1. The number of hydrogen-bond acceptors (Lipinski definition) is 4. The highest BCUT2D eigenvalue weighted by Crippen LogP contribution is 2.09. The van der Waals surface area contributed by atoms with Gasteiger partial charge in [-0.2, -0.15) is 0 Å². The average Bonchev–Trinajstić information content (AvgIpc) is 2.19. The van der Waals surface area contributed by atoms with E-state index >= 15 is 0 Å². The van der Waals surface area contributed by atoms with Gasteiger partial charge in [0.25, 0.3) is 0 Å². The molecule has 0 atom stereocenters. The molecule has 0 aromatic heterocycles. The Morgan fingerprint density at radius 2 is 1.92 bits per heavy atom. The normalized spacial score (nSPS) is 19.2. The smallest absolute Gasteiger partial charge is 0.0704 e. The topological polar surface area (TPSA) is 47.9 Å². The summed E-state index contributed by atoms with van der Waals surface area (Å²) in [6, 6.07) is 0. The van der Waals surface area contributed by atoms with Crippen molar-refractivity contribution in [2.45, 2.75) is 18.9 Å². The lowest BCUT2D eigenvalue weighted by atomic mass is 10.2. The van der Waals surface area contributed by atoms with Gasteiger partial charge in [0.1, 0.15) is 0 Å². The SMILES string of the molecule is OCCOCCOC1CCOCC1. The molecule has 1 heterocycles. The Morgan fingerprint density at radius 3 is 2.62 bits per heavy atom. The predicted molar refractivity (Wildman–Crippen MR) is 47.7 cm³/mol. The van der Waals surface area contributed by atoms with Gasteiger partial charge in [-0.05, 0) is 12.8 Å². The highest BCUT2D eigenvalue weighted by atomic mass is 16.5. The zero-order chi connectivity index (χ0) is 9.36. The molecule has 1 rings (SSSR count). The van der Waals surface area contributed by atoms with Crippen molar-refractivity contribution in [3.63, 3.8) is 0 Å². The maximum atomic E-state index is 8.43. The first-order valence-electron chi connectivity index (χ1n) is 4.81. The molecule has 1 fully saturated rings. The molecule has 0 bridgehead atoms. The number of rotatable bonds is 6. The van der Waals surface area contributed by atoms with Crippen molar-refractivity contribution in [1.29, 1.82) is 0 Å². The van der Waals surface area contributed by atoms with Crippen molar-refractivity contribution in [3.05, 3.63) is 0 Å². The molecule has 1 N–H and O–H groups in total. The van der Waals surface area contributed by atoms with Crippen molar-refractivity contribution in [2.75, 3.05) is 39.6 Å². The fourth-order valence-corrected chi connectivity index (χ4v) is 1.28. The molecule has 0 aromatic carbocycles. The van der Waals surface area contributed by atoms with Crippen molar-refractivity contribution in [3.8, 4) is 0 Å². The number of aliphatic hydroxyl groups is 1. The largest absolute Gasteiger partial charge is 0.394 e. The van der Waals surface area contributed by atoms with Crippen LogP contribution < -0.4 is 0 Å². The standard InChI is InChI=1S/C9H18O4/c10-3-6-12-7-8-13-9-1-4-11-5-2-9/h9-10H,1-8H2. The zero-order valence-electron chi connectivity index (χ0n) is 7.91. The highest BCUT2D eigenvalue weighted by Gasteiger charge is 2.13. The van der Waals surface area contributed by atoms with E-state index in [0.717, 1.165) is 26.1 Å². The van der Waals surface area contributed by atoms with Crippen molar-refractivity contribution in [2.24, 2.45) is 0 Å². The lowest BCUT2D eigenvalue weighted by molar-refractivity contribution is -0.0514. The minimum Gasteiger partial charge on any atom is -0.394 e. The van der Waals surface area contributed by atoms with Crippen LogP contribution in [0.25, 0.3) is 0 Å². The lowest BCUT2D eigenvalue weighted by Crippen LogP contribution is -2.24. The van der Waals surface area contributed by atoms with Crippen LogP contribution in [0, 0.1) is 0 Å². The van der Waals surface area contributed by atoms with E-state index in [4.69, 9.17) is 19.3 Å². The molecule has 78 valence electrons. The Kier molecular flexibility index (Phi) is 6.10. The monoisotopic (exact) mass is 190 g/mol. The Balaban J connectivity index is 1.86. The van der Waals surface area contributed by atoms with Crippen molar-refractivity contribution >= 4 is 0 Å². The fourth-order valence-electron chi connectivity index (χ4n) is 1.28. The Labute approximate surface area is 78.8 Å². The van der Waals surface area contributed by atoms with E-state index in [2.05, 4.69) is 0 Å². The third-order valence-electron chi connectivity index (χ3n) is 1.99.